The number of carbonyl (C=O) groups is 1. The molecule has 1 aromatic carbocycles. The number of nitrogens with one attached hydrogen (secondary N) is 1. The zero-order valence-corrected chi connectivity index (χ0v) is 13.9. The molecule has 0 aliphatic carbocycles. The van der Waals surface area contributed by atoms with Crippen molar-refractivity contribution in [3.8, 4) is 0 Å². The summed E-state index contributed by atoms with van der Waals surface area (Å²) < 4.78 is 5.37. The van der Waals surface area contributed by atoms with Gasteiger partial charge in [0.25, 0.3) is 0 Å². The predicted octanol–water partition coefficient (Wildman–Crippen LogP) is 1.31. The molecule has 3 N–H and O–H groups in total. The van der Waals surface area contributed by atoms with Gasteiger partial charge in [-0.3, -0.25) is 4.79 Å². The monoisotopic (exact) mass is 317 g/mol. The molecule has 126 valence electrons. The fraction of sp³-hybridized carbons (Fsp3) is 0.611. The molecule has 1 fully saturated rings. The average Bonchev–Trinajstić information content (AvgIpc) is 2.91. The standard InChI is InChI=1S/C18H27N3O2/c1-14-12-15-4-2-3-5-16(15)21(14)9-8-20-17(22)18(13-19)6-10-23-11-7-18/h2-5,14H,6-13,19H2,1H3,(H,20,22). The predicted molar refractivity (Wildman–Crippen MR) is 91.5 cm³/mol. The van der Waals surface area contributed by atoms with Gasteiger partial charge in [0.05, 0.1) is 5.41 Å². The number of nitrogens with zero attached hydrogens (tertiary/aromatic N) is 1. The largest absolute Gasteiger partial charge is 0.381 e. The van der Waals surface area contributed by atoms with E-state index in [4.69, 9.17) is 10.5 Å². The van der Waals surface area contributed by atoms with Gasteiger partial charge in [0.15, 0.2) is 0 Å². The number of fused-ring (bicyclic) bond motifs is 1. The Morgan fingerprint density at radius 2 is 2.13 bits per heavy atom. The van der Waals surface area contributed by atoms with Crippen LogP contribution < -0.4 is 16.0 Å². The van der Waals surface area contributed by atoms with Gasteiger partial charge in [0, 0.05) is 44.6 Å². The summed E-state index contributed by atoms with van der Waals surface area (Å²) in [4.78, 5) is 15.0. The molecule has 0 spiro atoms. The molecule has 2 heterocycles. The summed E-state index contributed by atoms with van der Waals surface area (Å²) in [5.74, 6) is 0.0865. The summed E-state index contributed by atoms with van der Waals surface area (Å²) in [6.07, 6.45) is 2.52. The first-order valence-electron chi connectivity index (χ1n) is 8.57. The van der Waals surface area contributed by atoms with Gasteiger partial charge in [-0.05, 0) is 37.8 Å². The minimum Gasteiger partial charge on any atom is -0.381 e. The second-order valence-electron chi connectivity index (χ2n) is 6.73. The number of hydrogen-bond acceptors (Lipinski definition) is 4. The fourth-order valence-electron chi connectivity index (χ4n) is 3.73. The number of carbonyl (C=O) groups excluding carboxylic acids is 1. The van der Waals surface area contributed by atoms with E-state index in [1.54, 1.807) is 0 Å². The van der Waals surface area contributed by atoms with Crippen molar-refractivity contribution < 1.29 is 9.53 Å². The fourth-order valence-corrected chi connectivity index (χ4v) is 3.73. The van der Waals surface area contributed by atoms with Gasteiger partial charge >= 0.3 is 0 Å². The van der Waals surface area contributed by atoms with Crippen LogP contribution >= 0.6 is 0 Å². The third-order valence-corrected chi connectivity index (χ3v) is 5.31. The van der Waals surface area contributed by atoms with Crippen molar-refractivity contribution >= 4 is 11.6 Å². The lowest BCUT2D eigenvalue weighted by atomic mass is 9.79. The van der Waals surface area contributed by atoms with Crippen LogP contribution in [0.2, 0.25) is 0 Å². The molecule has 1 unspecified atom stereocenters. The highest BCUT2D eigenvalue weighted by Gasteiger charge is 2.38. The van der Waals surface area contributed by atoms with E-state index in [-0.39, 0.29) is 5.91 Å². The van der Waals surface area contributed by atoms with E-state index in [1.807, 2.05) is 0 Å². The van der Waals surface area contributed by atoms with E-state index in [2.05, 4.69) is 41.4 Å². The second kappa shape index (κ2) is 6.89. The minimum atomic E-state index is -0.438. The second-order valence-corrected chi connectivity index (χ2v) is 6.73. The highest BCUT2D eigenvalue weighted by atomic mass is 16.5. The third kappa shape index (κ3) is 3.21. The van der Waals surface area contributed by atoms with E-state index in [0.717, 1.165) is 25.8 Å². The maximum Gasteiger partial charge on any atom is 0.227 e. The first kappa shape index (κ1) is 16.3. The summed E-state index contributed by atoms with van der Waals surface area (Å²) in [7, 11) is 0. The van der Waals surface area contributed by atoms with Crippen LogP contribution in [0.3, 0.4) is 0 Å². The normalized spacial score (nSPS) is 22.7. The van der Waals surface area contributed by atoms with Crippen molar-refractivity contribution in [3.63, 3.8) is 0 Å². The molecule has 3 rings (SSSR count). The topological polar surface area (TPSA) is 67.6 Å². The summed E-state index contributed by atoms with van der Waals surface area (Å²) in [5.41, 5.74) is 8.15. The summed E-state index contributed by atoms with van der Waals surface area (Å²) >= 11 is 0. The SMILES string of the molecule is CC1Cc2ccccc2N1CCNC(=O)C1(CN)CCOCC1. The zero-order valence-electron chi connectivity index (χ0n) is 13.9. The lowest BCUT2D eigenvalue weighted by molar-refractivity contribution is -0.135. The molecular formula is C18H27N3O2. The number of nitrogens with two attached hydrogens (primary N) is 1. The molecule has 5 heteroatoms. The summed E-state index contributed by atoms with van der Waals surface area (Å²) in [5, 5.41) is 3.11. The number of hydrogen-bond donors (Lipinski definition) is 2. The first-order valence-corrected chi connectivity index (χ1v) is 8.57. The van der Waals surface area contributed by atoms with Crippen LogP contribution in [0.4, 0.5) is 5.69 Å². The van der Waals surface area contributed by atoms with Crippen LogP contribution in [0.15, 0.2) is 24.3 Å². The third-order valence-electron chi connectivity index (χ3n) is 5.31. The van der Waals surface area contributed by atoms with Crippen molar-refractivity contribution in [3.05, 3.63) is 29.8 Å². The van der Waals surface area contributed by atoms with Crippen molar-refractivity contribution in [1.82, 2.24) is 5.32 Å². The molecule has 0 aromatic heterocycles. The molecule has 2 aliphatic rings. The van der Waals surface area contributed by atoms with E-state index in [0.29, 0.717) is 32.3 Å². The number of ether oxygens (including phenoxy) is 1. The highest BCUT2D eigenvalue weighted by molar-refractivity contribution is 5.83. The smallest absolute Gasteiger partial charge is 0.227 e. The Labute approximate surface area is 138 Å². The van der Waals surface area contributed by atoms with Gasteiger partial charge in [0.1, 0.15) is 0 Å². The maximum absolute atomic E-state index is 12.6. The molecule has 0 bridgehead atoms. The Bertz CT molecular complexity index is 555. The first-order chi connectivity index (χ1) is 11.2. The molecule has 2 aliphatic heterocycles. The van der Waals surface area contributed by atoms with Crippen molar-refractivity contribution in [2.45, 2.75) is 32.2 Å². The maximum atomic E-state index is 12.6. The van der Waals surface area contributed by atoms with E-state index in [9.17, 15) is 4.79 Å². The van der Waals surface area contributed by atoms with Gasteiger partial charge in [-0.25, -0.2) is 0 Å². The quantitative estimate of drug-likeness (QED) is 0.859. The van der Waals surface area contributed by atoms with Crippen LogP contribution in [0.5, 0.6) is 0 Å². The number of benzene rings is 1. The molecule has 0 saturated carbocycles. The Kier molecular flexibility index (Phi) is 4.87. The zero-order chi connectivity index (χ0) is 16.3. The summed E-state index contributed by atoms with van der Waals surface area (Å²) in [6, 6.07) is 9.01. The number of amides is 1. The number of rotatable bonds is 5. The van der Waals surface area contributed by atoms with Gasteiger partial charge in [-0.15, -0.1) is 0 Å². The summed E-state index contributed by atoms with van der Waals surface area (Å²) in [6.45, 7) is 5.37. The lowest BCUT2D eigenvalue weighted by Gasteiger charge is -2.35. The lowest BCUT2D eigenvalue weighted by Crippen LogP contribution is -2.50. The molecule has 23 heavy (non-hydrogen) atoms. The number of anilines is 1. The molecule has 5 nitrogen and oxygen atoms in total. The molecule has 1 atom stereocenters. The van der Waals surface area contributed by atoms with Gasteiger partial charge in [-0.1, -0.05) is 18.2 Å². The Hall–Kier alpha value is -1.59. The van der Waals surface area contributed by atoms with Crippen molar-refractivity contribution in [2.24, 2.45) is 11.1 Å². The van der Waals surface area contributed by atoms with E-state index < -0.39 is 5.41 Å². The molecule has 0 radical (unpaired) electrons. The van der Waals surface area contributed by atoms with Crippen LogP contribution in [-0.4, -0.2) is 44.8 Å². The Balaban J connectivity index is 1.56. The van der Waals surface area contributed by atoms with Gasteiger partial charge < -0.3 is 20.7 Å². The molecule has 1 aromatic rings. The van der Waals surface area contributed by atoms with Crippen LogP contribution in [0.1, 0.15) is 25.3 Å². The van der Waals surface area contributed by atoms with Crippen LogP contribution in [-0.2, 0) is 16.0 Å². The van der Waals surface area contributed by atoms with Gasteiger partial charge in [0.2, 0.25) is 5.91 Å². The van der Waals surface area contributed by atoms with Gasteiger partial charge in [-0.2, -0.15) is 0 Å². The molecular weight excluding hydrogens is 290 g/mol. The average molecular weight is 317 g/mol. The van der Waals surface area contributed by atoms with Crippen molar-refractivity contribution in [2.75, 3.05) is 37.7 Å². The van der Waals surface area contributed by atoms with E-state index in [1.165, 1.54) is 11.3 Å². The molecule has 1 saturated heterocycles. The minimum absolute atomic E-state index is 0.0865. The van der Waals surface area contributed by atoms with E-state index >= 15 is 0 Å². The Morgan fingerprint density at radius 3 is 2.87 bits per heavy atom. The Morgan fingerprint density at radius 1 is 1.39 bits per heavy atom. The molecule has 1 amide bonds. The number of para-hydroxylation sites is 1. The van der Waals surface area contributed by atoms with Crippen LogP contribution in [0, 0.1) is 5.41 Å². The van der Waals surface area contributed by atoms with Crippen molar-refractivity contribution in [1.29, 1.82) is 0 Å². The van der Waals surface area contributed by atoms with Crippen LogP contribution in [0.25, 0.3) is 0 Å². The highest BCUT2D eigenvalue weighted by Crippen LogP contribution is 2.32.